The van der Waals surface area contributed by atoms with E-state index in [1.54, 1.807) is 48.0 Å². The molecular weight excluding hydrogens is 398 g/mol. The van der Waals surface area contributed by atoms with Crippen LogP contribution >= 0.6 is 0 Å². The second-order valence-electron chi connectivity index (χ2n) is 7.30. The minimum absolute atomic E-state index is 0.0331. The van der Waals surface area contributed by atoms with Crippen LogP contribution in [0.4, 0.5) is 0 Å². The van der Waals surface area contributed by atoms with Crippen molar-refractivity contribution in [3.63, 3.8) is 0 Å². The molecule has 4 heterocycles. The summed E-state index contributed by atoms with van der Waals surface area (Å²) in [6.07, 6.45) is 10.3. The van der Waals surface area contributed by atoms with Crippen molar-refractivity contribution in [2.24, 2.45) is 0 Å². The van der Waals surface area contributed by atoms with Crippen LogP contribution in [0.3, 0.4) is 0 Å². The summed E-state index contributed by atoms with van der Waals surface area (Å²) in [5.41, 5.74) is 1.10. The lowest BCUT2D eigenvalue weighted by atomic mass is 9.99. The molecule has 2 amide bonds. The highest BCUT2D eigenvalue weighted by Crippen LogP contribution is 2.26. The molecule has 1 atom stereocenters. The zero-order chi connectivity index (χ0) is 21.5. The molecule has 4 rings (SSSR count). The van der Waals surface area contributed by atoms with Crippen molar-refractivity contribution in [2.75, 3.05) is 19.6 Å². The lowest BCUT2D eigenvalue weighted by molar-refractivity contribution is -0.121. The molecule has 1 N–H and O–H groups in total. The van der Waals surface area contributed by atoms with Gasteiger partial charge in [0.15, 0.2) is 0 Å². The average Bonchev–Trinajstić information content (AvgIpc) is 3.29. The lowest BCUT2D eigenvalue weighted by Crippen LogP contribution is -2.35. The maximum Gasteiger partial charge on any atom is 0.253 e. The standard InChI is InChI=1S/C21H23N7O3/c29-18-6-13-28(21(30)16-3-7-22-8-4-16)12-1-2-15(5-9-25-18)20-26-19(27-31-20)17-14-23-10-11-24-17/h3-4,7-8,10-11,14-15H,1-2,5-6,9,12-13H2,(H,25,29). The first-order valence-electron chi connectivity index (χ1n) is 10.3. The number of nitrogens with one attached hydrogen (secondary N) is 1. The van der Waals surface area contributed by atoms with E-state index in [1.165, 1.54) is 0 Å². The molecule has 0 aliphatic carbocycles. The molecule has 0 aromatic carbocycles. The molecule has 0 spiro atoms. The van der Waals surface area contributed by atoms with Crippen molar-refractivity contribution in [3.8, 4) is 11.5 Å². The highest BCUT2D eigenvalue weighted by atomic mass is 16.5. The summed E-state index contributed by atoms with van der Waals surface area (Å²) in [4.78, 5) is 43.5. The second-order valence-corrected chi connectivity index (χ2v) is 7.30. The number of hydrogen-bond donors (Lipinski definition) is 1. The van der Waals surface area contributed by atoms with Gasteiger partial charge in [0.2, 0.25) is 17.6 Å². The van der Waals surface area contributed by atoms with Crippen LogP contribution in [0.15, 0.2) is 47.6 Å². The highest BCUT2D eigenvalue weighted by Gasteiger charge is 2.23. The molecule has 1 aliphatic rings. The molecule has 0 bridgehead atoms. The van der Waals surface area contributed by atoms with E-state index >= 15 is 0 Å². The van der Waals surface area contributed by atoms with Crippen molar-refractivity contribution in [1.29, 1.82) is 0 Å². The van der Waals surface area contributed by atoms with Crippen molar-refractivity contribution < 1.29 is 14.1 Å². The summed E-state index contributed by atoms with van der Waals surface area (Å²) in [5, 5.41) is 6.95. The molecule has 10 nitrogen and oxygen atoms in total. The van der Waals surface area contributed by atoms with Crippen LogP contribution < -0.4 is 5.32 Å². The van der Waals surface area contributed by atoms with Gasteiger partial charge < -0.3 is 14.7 Å². The van der Waals surface area contributed by atoms with Gasteiger partial charge in [0.25, 0.3) is 5.91 Å². The maximum atomic E-state index is 12.9. The molecule has 3 aromatic heterocycles. The molecule has 1 aliphatic heterocycles. The molecule has 0 radical (unpaired) electrons. The van der Waals surface area contributed by atoms with Gasteiger partial charge in [-0.15, -0.1) is 0 Å². The summed E-state index contributed by atoms with van der Waals surface area (Å²) in [6.45, 7) is 1.41. The van der Waals surface area contributed by atoms with Crippen molar-refractivity contribution in [1.82, 2.24) is 35.3 Å². The van der Waals surface area contributed by atoms with Crippen LogP contribution in [0.1, 0.15) is 47.8 Å². The minimum atomic E-state index is -0.103. The van der Waals surface area contributed by atoms with Gasteiger partial charge in [0.1, 0.15) is 5.69 Å². The first-order chi connectivity index (χ1) is 15.2. The van der Waals surface area contributed by atoms with E-state index in [4.69, 9.17) is 4.52 Å². The fourth-order valence-electron chi connectivity index (χ4n) is 3.54. The predicted octanol–water partition coefficient (Wildman–Crippen LogP) is 1.84. The summed E-state index contributed by atoms with van der Waals surface area (Å²) in [7, 11) is 0. The topological polar surface area (TPSA) is 127 Å². The maximum absolute atomic E-state index is 12.9. The van der Waals surface area contributed by atoms with E-state index in [-0.39, 0.29) is 24.2 Å². The summed E-state index contributed by atoms with van der Waals surface area (Å²) >= 11 is 0. The predicted molar refractivity (Wildman–Crippen MR) is 110 cm³/mol. The van der Waals surface area contributed by atoms with E-state index in [2.05, 4.69) is 30.4 Å². The van der Waals surface area contributed by atoms with E-state index in [0.717, 1.165) is 12.8 Å². The number of amides is 2. The van der Waals surface area contributed by atoms with Crippen LogP contribution in [0, 0.1) is 0 Å². The van der Waals surface area contributed by atoms with Crippen LogP contribution in [0.2, 0.25) is 0 Å². The Bertz CT molecular complexity index is 1010. The Morgan fingerprint density at radius 2 is 1.97 bits per heavy atom. The van der Waals surface area contributed by atoms with Crippen LogP contribution in [-0.4, -0.2) is 61.4 Å². The Morgan fingerprint density at radius 1 is 1.10 bits per heavy atom. The second kappa shape index (κ2) is 9.88. The third kappa shape index (κ3) is 5.27. The van der Waals surface area contributed by atoms with Crippen molar-refractivity contribution >= 4 is 11.8 Å². The molecule has 10 heteroatoms. The number of carbonyl (C=O) groups excluding carboxylic acids is 2. The van der Waals surface area contributed by atoms with Gasteiger partial charge >= 0.3 is 0 Å². The van der Waals surface area contributed by atoms with Gasteiger partial charge in [0, 0.05) is 62.3 Å². The van der Waals surface area contributed by atoms with Gasteiger partial charge in [-0.25, -0.2) is 4.98 Å². The number of aromatic nitrogens is 5. The summed E-state index contributed by atoms with van der Waals surface area (Å²) < 4.78 is 5.50. The van der Waals surface area contributed by atoms with E-state index in [9.17, 15) is 9.59 Å². The smallest absolute Gasteiger partial charge is 0.253 e. The number of pyridine rings is 1. The number of nitrogens with zero attached hydrogens (tertiary/aromatic N) is 6. The number of rotatable bonds is 3. The van der Waals surface area contributed by atoms with Gasteiger partial charge in [-0.1, -0.05) is 5.16 Å². The van der Waals surface area contributed by atoms with Crippen molar-refractivity contribution in [3.05, 3.63) is 54.6 Å². The third-order valence-corrected chi connectivity index (χ3v) is 5.20. The zero-order valence-electron chi connectivity index (χ0n) is 17.0. The lowest BCUT2D eigenvalue weighted by Gasteiger charge is -2.22. The number of carbonyl (C=O) groups is 2. The minimum Gasteiger partial charge on any atom is -0.356 e. The molecule has 1 unspecified atom stereocenters. The fourth-order valence-corrected chi connectivity index (χ4v) is 3.54. The van der Waals surface area contributed by atoms with Gasteiger partial charge in [-0.05, 0) is 31.4 Å². The largest absolute Gasteiger partial charge is 0.356 e. The van der Waals surface area contributed by atoms with Crippen LogP contribution in [0.5, 0.6) is 0 Å². The average molecular weight is 421 g/mol. The quantitative estimate of drug-likeness (QED) is 0.679. The van der Waals surface area contributed by atoms with Crippen LogP contribution in [0.25, 0.3) is 11.5 Å². The Balaban J connectivity index is 1.47. The van der Waals surface area contributed by atoms with Gasteiger partial charge in [0.05, 0.1) is 6.20 Å². The Labute approximate surface area is 179 Å². The first kappa shape index (κ1) is 20.6. The van der Waals surface area contributed by atoms with E-state index in [0.29, 0.717) is 49.0 Å². The Hall–Kier alpha value is -3.69. The molecule has 3 aromatic rings. The van der Waals surface area contributed by atoms with Crippen LogP contribution in [-0.2, 0) is 4.79 Å². The molecule has 160 valence electrons. The normalized spacial score (nSPS) is 18.1. The summed E-state index contributed by atoms with van der Waals surface area (Å²) in [5.74, 6) is 0.666. The van der Waals surface area contributed by atoms with E-state index in [1.807, 2.05) is 0 Å². The molecule has 31 heavy (non-hydrogen) atoms. The molecule has 0 saturated carbocycles. The highest BCUT2D eigenvalue weighted by molar-refractivity contribution is 5.94. The summed E-state index contributed by atoms with van der Waals surface area (Å²) in [6, 6.07) is 3.37. The van der Waals surface area contributed by atoms with Crippen molar-refractivity contribution in [2.45, 2.75) is 31.6 Å². The first-order valence-corrected chi connectivity index (χ1v) is 10.3. The molecule has 1 saturated heterocycles. The fraction of sp³-hybridized carbons (Fsp3) is 0.381. The molecule has 1 fully saturated rings. The SMILES string of the molecule is O=C1CCN(C(=O)c2ccncc2)CCCC(c2nc(-c3cnccn3)no2)CCN1. The monoisotopic (exact) mass is 421 g/mol. The Morgan fingerprint density at radius 3 is 2.77 bits per heavy atom. The zero-order valence-corrected chi connectivity index (χ0v) is 17.0. The van der Waals surface area contributed by atoms with Gasteiger partial charge in [-0.2, -0.15) is 4.98 Å². The van der Waals surface area contributed by atoms with Gasteiger partial charge in [-0.3, -0.25) is 19.6 Å². The van der Waals surface area contributed by atoms with E-state index < -0.39 is 0 Å². The Kier molecular flexibility index (Phi) is 6.56. The molecular formula is C21H23N7O3. The third-order valence-electron chi connectivity index (χ3n) is 5.20. The number of hydrogen-bond acceptors (Lipinski definition) is 8.